The van der Waals surface area contributed by atoms with Crippen LogP contribution in [0.3, 0.4) is 0 Å². The molecule has 14 heavy (non-hydrogen) atoms. The molecule has 1 N–H and O–H groups in total. The number of hydrogen-bond acceptors (Lipinski definition) is 1. The molecule has 2 atom stereocenters. The van der Waals surface area contributed by atoms with Crippen LogP contribution in [0.25, 0.3) is 0 Å². The summed E-state index contributed by atoms with van der Waals surface area (Å²) in [6.45, 7) is 4.13. The van der Waals surface area contributed by atoms with Gasteiger partial charge in [-0.25, -0.2) is 8.78 Å². The highest BCUT2D eigenvalue weighted by molar-refractivity contribution is 5.11. The second kappa shape index (κ2) is 3.61. The predicted molar refractivity (Wildman–Crippen MR) is 52.4 cm³/mol. The standard InChI is InChI=1S/C11H17F2N/c1-8-4-9(7-14-6-8)2-3-10-5-11(10,12)13/h2,8,10,14H,3-7H2,1H3/b9-2-. The first-order valence-electron chi connectivity index (χ1n) is 5.34. The molecule has 1 heterocycles. The fourth-order valence-electron chi connectivity index (χ4n) is 2.06. The van der Waals surface area contributed by atoms with Crippen LogP contribution < -0.4 is 5.32 Å². The Bertz CT molecular complexity index is 248. The van der Waals surface area contributed by atoms with Gasteiger partial charge in [-0.15, -0.1) is 0 Å². The Hall–Kier alpha value is -0.440. The Balaban J connectivity index is 1.80. The molecule has 1 saturated heterocycles. The number of nitrogens with one attached hydrogen (secondary N) is 1. The largest absolute Gasteiger partial charge is 0.313 e. The number of rotatable bonds is 2. The second-order valence-corrected chi connectivity index (χ2v) is 4.70. The maximum absolute atomic E-state index is 12.6. The number of piperidine rings is 1. The van der Waals surface area contributed by atoms with Crippen molar-refractivity contribution in [3.63, 3.8) is 0 Å². The van der Waals surface area contributed by atoms with E-state index in [1.165, 1.54) is 5.57 Å². The van der Waals surface area contributed by atoms with Crippen LogP contribution in [0.1, 0.15) is 26.2 Å². The van der Waals surface area contributed by atoms with Crippen LogP contribution in [0, 0.1) is 11.8 Å². The van der Waals surface area contributed by atoms with Crippen LogP contribution in [-0.4, -0.2) is 19.0 Å². The minimum atomic E-state index is -2.36. The molecule has 1 aliphatic heterocycles. The van der Waals surface area contributed by atoms with Crippen LogP contribution in [0.4, 0.5) is 8.78 Å². The van der Waals surface area contributed by atoms with Crippen molar-refractivity contribution < 1.29 is 8.78 Å². The molecule has 0 aromatic rings. The summed E-state index contributed by atoms with van der Waals surface area (Å²) in [5, 5.41) is 3.29. The van der Waals surface area contributed by atoms with E-state index in [2.05, 4.69) is 12.2 Å². The van der Waals surface area contributed by atoms with Gasteiger partial charge in [0.2, 0.25) is 0 Å². The van der Waals surface area contributed by atoms with Gasteiger partial charge in [-0.2, -0.15) is 0 Å². The van der Waals surface area contributed by atoms with E-state index >= 15 is 0 Å². The lowest BCUT2D eigenvalue weighted by Crippen LogP contribution is -2.29. The lowest BCUT2D eigenvalue weighted by Gasteiger charge is -2.21. The summed E-state index contributed by atoms with van der Waals surface area (Å²) in [5.41, 5.74) is 1.31. The Morgan fingerprint density at radius 3 is 2.86 bits per heavy atom. The van der Waals surface area contributed by atoms with Crippen molar-refractivity contribution in [1.82, 2.24) is 5.32 Å². The predicted octanol–water partition coefficient (Wildman–Crippen LogP) is 2.59. The van der Waals surface area contributed by atoms with E-state index in [0.29, 0.717) is 12.3 Å². The van der Waals surface area contributed by atoms with Gasteiger partial charge in [0.25, 0.3) is 5.92 Å². The van der Waals surface area contributed by atoms with Gasteiger partial charge in [0.05, 0.1) is 0 Å². The Kier molecular flexibility index (Phi) is 2.60. The highest BCUT2D eigenvalue weighted by Gasteiger charge is 2.55. The first kappa shape index (κ1) is 10.1. The van der Waals surface area contributed by atoms with Gasteiger partial charge in [-0.3, -0.25) is 0 Å². The van der Waals surface area contributed by atoms with Crippen LogP contribution in [0.2, 0.25) is 0 Å². The molecule has 0 radical (unpaired) electrons. The lowest BCUT2D eigenvalue weighted by molar-refractivity contribution is 0.0994. The minimum Gasteiger partial charge on any atom is -0.313 e. The molecular weight excluding hydrogens is 184 g/mol. The molecule has 0 amide bonds. The normalized spacial score (nSPS) is 38.6. The molecule has 0 aromatic heterocycles. The first-order valence-corrected chi connectivity index (χ1v) is 5.34. The third-order valence-electron chi connectivity index (χ3n) is 3.10. The molecule has 3 heteroatoms. The van der Waals surface area contributed by atoms with E-state index in [0.717, 1.165) is 19.5 Å². The molecular formula is C11H17F2N. The van der Waals surface area contributed by atoms with Crippen LogP contribution in [-0.2, 0) is 0 Å². The van der Waals surface area contributed by atoms with Crippen molar-refractivity contribution in [2.45, 2.75) is 32.1 Å². The van der Waals surface area contributed by atoms with Gasteiger partial charge < -0.3 is 5.32 Å². The van der Waals surface area contributed by atoms with Gasteiger partial charge in [0.15, 0.2) is 0 Å². The zero-order chi connectivity index (χ0) is 10.2. The molecule has 2 aliphatic rings. The van der Waals surface area contributed by atoms with E-state index in [1.807, 2.05) is 6.08 Å². The monoisotopic (exact) mass is 201 g/mol. The first-order chi connectivity index (χ1) is 6.58. The number of hydrogen-bond donors (Lipinski definition) is 1. The zero-order valence-electron chi connectivity index (χ0n) is 8.52. The van der Waals surface area contributed by atoms with E-state index < -0.39 is 5.92 Å². The molecule has 2 unspecified atom stereocenters. The summed E-state index contributed by atoms with van der Waals surface area (Å²) < 4.78 is 25.2. The van der Waals surface area contributed by atoms with Gasteiger partial charge in [-0.05, 0) is 25.3 Å². The molecule has 80 valence electrons. The fourth-order valence-corrected chi connectivity index (χ4v) is 2.06. The Morgan fingerprint density at radius 1 is 1.57 bits per heavy atom. The molecule has 0 spiro atoms. The third kappa shape index (κ3) is 2.32. The molecule has 0 aromatic carbocycles. The Morgan fingerprint density at radius 2 is 2.29 bits per heavy atom. The maximum atomic E-state index is 12.6. The summed E-state index contributed by atoms with van der Waals surface area (Å²) >= 11 is 0. The van der Waals surface area contributed by atoms with Crippen LogP contribution in [0.5, 0.6) is 0 Å². The summed E-state index contributed by atoms with van der Waals surface area (Å²) in [7, 11) is 0. The number of allylic oxidation sites excluding steroid dienone is 1. The number of alkyl halides is 2. The van der Waals surface area contributed by atoms with Crippen LogP contribution in [0.15, 0.2) is 11.6 Å². The molecule has 0 bridgehead atoms. The van der Waals surface area contributed by atoms with Crippen molar-refractivity contribution in [1.29, 1.82) is 0 Å². The highest BCUT2D eigenvalue weighted by Crippen LogP contribution is 2.50. The molecule has 1 aliphatic carbocycles. The van der Waals surface area contributed by atoms with E-state index in [1.54, 1.807) is 0 Å². The fraction of sp³-hybridized carbons (Fsp3) is 0.818. The average Bonchev–Trinajstić information content (AvgIpc) is 2.71. The Labute approximate surface area is 83.6 Å². The van der Waals surface area contributed by atoms with Gasteiger partial charge in [0, 0.05) is 18.9 Å². The lowest BCUT2D eigenvalue weighted by atomic mass is 9.96. The van der Waals surface area contributed by atoms with Crippen LogP contribution >= 0.6 is 0 Å². The number of halogens is 2. The summed E-state index contributed by atoms with van der Waals surface area (Å²) in [6, 6.07) is 0. The van der Waals surface area contributed by atoms with Crippen molar-refractivity contribution in [2.75, 3.05) is 13.1 Å². The molecule has 1 saturated carbocycles. The minimum absolute atomic E-state index is 0.0970. The smallest absolute Gasteiger partial charge is 0.251 e. The van der Waals surface area contributed by atoms with Crippen molar-refractivity contribution >= 4 is 0 Å². The summed E-state index contributed by atoms with van der Waals surface area (Å²) in [5.74, 6) is -2.08. The van der Waals surface area contributed by atoms with Crippen molar-refractivity contribution in [3.05, 3.63) is 11.6 Å². The van der Waals surface area contributed by atoms with Gasteiger partial charge >= 0.3 is 0 Å². The van der Waals surface area contributed by atoms with E-state index in [9.17, 15) is 8.78 Å². The summed E-state index contributed by atoms with van der Waals surface area (Å²) in [6.07, 6.45) is 3.76. The molecule has 2 rings (SSSR count). The average molecular weight is 201 g/mol. The second-order valence-electron chi connectivity index (χ2n) is 4.70. The molecule has 1 nitrogen and oxygen atoms in total. The van der Waals surface area contributed by atoms with E-state index in [-0.39, 0.29) is 12.3 Å². The van der Waals surface area contributed by atoms with E-state index in [4.69, 9.17) is 0 Å². The SMILES string of the molecule is CC1CNC/C(=C\CC2CC2(F)F)C1. The van der Waals surface area contributed by atoms with Gasteiger partial charge in [-0.1, -0.05) is 18.6 Å². The maximum Gasteiger partial charge on any atom is 0.251 e. The third-order valence-corrected chi connectivity index (χ3v) is 3.10. The van der Waals surface area contributed by atoms with Crippen molar-refractivity contribution in [3.8, 4) is 0 Å². The quantitative estimate of drug-likeness (QED) is 0.677. The van der Waals surface area contributed by atoms with Crippen molar-refractivity contribution in [2.24, 2.45) is 11.8 Å². The topological polar surface area (TPSA) is 12.0 Å². The van der Waals surface area contributed by atoms with Gasteiger partial charge in [0.1, 0.15) is 0 Å². The molecule has 2 fully saturated rings. The highest BCUT2D eigenvalue weighted by atomic mass is 19.3. The summed E-state index contributed by atoms with van der Waals surface area (Å²) in [4.78, 5) is 0. The zero-order valence-corrected chi connectivity index (χ0v) is 8.52.